The third-order valence-corrected chi connectivity index (χ3v) is 3.37. The molecule has 2 rings (SSSR count). The number of aryl methyl sites for hydroxylation is 2. The molecule has 0 bridgehead atoms. The molecule has 0 spiro atoms. The maximum absolute atomic E-state index is 5.87. The van der Waals surface area contributed by atoms with Gasteiger partial charge in [-0.05, 0) is 40.0 Å². The van der Waals surface area contributed by atoms with Crippen LogP contribution in [0.5, 0.6) is 0 Å². The lowest BCUT2D eigenvalue weighted by molar-refractivity contribution is 0.476. The number of hydrogen-bond donors (Lipinski definition) is 1. The predicted molar refractivity (Wildman–Crippen MR) is 66.6 cm³/mol. The molecular formula is C12H20N4. The minimum absolute atomic E-state index is 0.538. The number of nitrogen functional groups attached to an aromatic ring is 1. The summed E-state index contributed by atoms with van der Waals surface area (Å²) in [7, 11) is 0. The number of anilines is 2. The smallest absolute Gasteiger partial charge is 0.226 e. The fourth-order valence-corrected chi connectivity index (χ4v) is 2.23. The SMILES string of the molecule is Cc1nc(N2CCCC[C@H]2C)nc(C)c1N. The molecule has 1 aromatic rings. The van der Waals surface area contributed by atoms with Gasteiger partial charge in [0.05, 0.1) is 17.1 Å². The zero-order valence-corrected chi connectivity index (χ0v) is 10.3. The fraction of sp³-hybridized carbons (Fsp3) is 0.667. The van der Waals surface area contributed by atoms with E-state index in [1.54, 1.807) is 0 Å². The van der Waals surface area contributed by atoms with E-state index in [2.05, 4.69) is 21.8 Å². The Balaban J connectivity index is 2.32. The number of piperidine rings is 1. The molecule has 16 heavy (non-hydrogen) atoms. The van der Waals surface area contributed by atoms with Gasteiger partial charge in [-0.15, -0.1) is 0 Å². The van der Waals surface area contributed by atoms with Crippen molar-refractivity contribution in [3.63, 3.8) is 0 Å². The monoisotopic (exact) mass is 220 g/mol. The van der Waals surface area contributed by atoms with Gasteiger partial charge in [0.1, 0.15) is 0 Å². The summed E-state index contributed by atoms with van der Waals surface area (Å²) in [6.07, 6.45) is 3.77. The van der Waals surface area contributed by atoms with Crippen molar-refractivity contribution in [1.29, 1.82) is 0 Å². The second-order valence-electron chi connectivity index (χ2n) is 4.65. The molecule has 0 radical (unpaired) electrons. The lowest BCUT2D eigenvalue weighted by Crippen LogP contribution is -2.38. The van der Waals surface area contributed by atoms with Gasteiger partial charge in [0.2, 0.25) is 5.95 Å². The Morgan fingerprint density at radius 2 is 1.81 bits per heavy atom. The summed E-state index contributed by atoms with van der Waals surface area (Å²) in [5.74, 6) is 0.844. The number of hydrogen-bond acceptors (Lipinski definition) is 4. The molecule has 0 aliphatic carbocycles. The van der Waals surface area contributed by atoms with Crippen LogP contribution in [0, 0.1) is 13.8 Å². The Kier molecular flexibility index (Phi) is 2.99. The van der Waals surface area contributed by atoms with Crippen LogP contribution in [-0.2, 0) is 0 Å². The molecule has 1 atom stereocenters. The highest BCUT2D eigenvalue weighted by molar-refractivity contribution is 5.50. The van der Waals surface area contributed by atoms with Gasteiger partial charge in [-0.3, -0.25) is 0 Å². The molecule has 0 amide bonds. The summed E-state index contributed by atoms with van der Waals surface area (Å²) >= 11 is 0. The van der Waals surface area contributed by atoms with E-state index >= 15 is 0 Å². The first-order chi connectivity index (χ1) is 7.59. The molecule has 0 unspecified atom stereocenters. The maximum Gasteiger partial charge on any atom is 0.226 e. The van der Waals surface area contributed by atoms with Crippen LogP contribution in [0.2, 0.25) is 0 Å². The minimum atomic E-state index is 0.538. The zero-order chi connectivity index (χ0) is 11.7. The number of aromatic nitrogens is 2. The molecule has 1 saturated heterocycles. The summed E-state index contributed by atoms with van der Waals surface area (Å²) in [6.45, 7) is 7.19. The number of rotatable bonds is 1. The molecule has 1 aliphatic heterocycles. The van der Waals surface area contributed by atoms with E-state index in [1.165, 1.54) is 19.3 Å². The molecule has 1 aliphatic rings. The van der Waals surface area contributed by atoms with Crippen molar-refractivity contribution >= 4 is 11.6 Å². The minimum Gasteiger partial charge on any atom is -0.396 e. The van der Waals surface area contributed by atoms with E-state index in [4.69, 9.17) is 5.73 Å². The average Bonchev–Trinajstić information content (AvgIpc) is 2.26. The normalized spacial score (nSPS) is 21.2. The molecule has 2 N–H and O–H groups in total. The average molecular weight is 220 g/mol. The Morgan fingerprint density at radius 3 is 2.38 bits per heavy atom. The van der Waals surface area contributed by atoms with Gasteiger partial charge in [-0.2, -0.15) is 0 Å². The lowest BCUT2D eigenvalue weighted by atomic mass is 10.0. The largest absolute Gasteiger partial charge is 0.396 e. The van der Waals surface area contributed by atoms with Crippen molar-refractivity contribution in [2.75, 3.05) is 17.2 Å². The second kappa shape index (κ2) is 4.28. The number of nitrogens with two attached hydrogens (primary N) is 1. The lowest BCUT2D eigenvalue weighted by Gasteiger charge is -2.33. The van der Waals surface area contributed by atoms with Crippen LogP contribution in [0.1, 0.15) is 37.6 Å². The molecule has 2 heterocycles. The van der Waals surface area contributed by atoms with E-state index < -0.39 is 0 Å². The zero-order valence-electron chi connectivity index (χ0n) is 10.3. The summed E-state index contributed by atoms with van der Waals surface area (Å²) < 4.78 is 0. The van der Waals surface area contributed by atoms with Gasteiger partial charge in [0, 0.05) is 12.6 Å². The number of nitrogens with zero attached hydrogens (tertiary/aromatic N) is 3. The Labute approximate surface area is 96.9 Å². The van der Waals surface area contributed by atoms with E-state index in [0.717, 1.165) is 23.9 Å². The van der Waals surface area contributed by atoms with Gasteiger partial charge in [-0.25, -0.2) is 9.97 Å². The van der Waals surface area contributed by atoms with E-state index in [0.29, 0.717) is 11.7 Å². The summed E-state index contributed by atoms with van der Waals surface area (Å²) in [4.78, 5) is 11.3. The van der Waals surface area contributed by atoms with Crippen LogP contribution in [0.3, 0.4) is 0 Å². The van der Waals surface area contributed by atoms with Crippen LogP contribution in [0.15, 0.2) is 0 Å². The highest BCUT2D eigenvalue weighted by Gasteiger charge is 2.21. The molecule has 0 aromatic carbocycles. The van der Waals surface area contributed by atoms with Crippen molar-refractivity contribution in [1.82, 2.24) is 9.97 Å². The van der Waals surface area contributed by atoms with Crippen LogP contribution < -0.4 is 10.6 Å². The van der Waals surface area contributed by atoms with Crippen LogP contribution >= 0.6 is 0 Å². The predicted octanol–water partition coefficient (Wildman–Crippen LogP) is 2.05. The molecule has 1 aromatic heterocycles. The van der Waals surface area contributed by atoms with Gasteiger partial charge < -0.3 is 10.6 Å². The van der Waals surface area contributed by atoms with Crippen molar-refractivity contribution in [2.24, 2.45) is 0 Å². The molecule has 88 valence electrons. The van der Waals surface area contributed by atoms with Gasteiger partial charge in [0.15, 0.2) is 0 Å². The van der Waals surface area contributed by atoms with Gasteiger partial charge in [0.25, 0.3) is 0 Å². The highest BCUT2D eigenvalue weighted by Crippen LogP contribution is 2.23. The first-order valence-electron chi connectivity index (χ1n) is 5.97. The summed E-state index contributed by atoms with van der Waals surface area (Å²) in [6, 6.07) is 0.538. The van der Waals surface area contributed by atoms with E-state index in [-0.39, 0.29) is 0 Å². The Morgan fingerprint density at radius 1 is 1.19 bits per heavy atom. The van der Waals surface area contributed by atoms with Gasteiger partial charge >= 0.3 is 0 Å². The molecule has 4 nitrogen and oxygen atoms in total. The quantitative estimate of drug-likeness (QED) is 0.787. The fourth-order valence-electron chi connectivity index (χ4n) is 2.23. The van der Waals surface area contributed by atoms with Crippen molar-refractivity contribution in [3.05, 3.63) is 11.4 Å². The molecular weight excluding hydrogens is 200 g/mol. The maximum atomic E-state index is 5.87. The topological polar surface area (TPSA) is 55.0 Å². The van der Waals surface area contributed by atoms with E-state index in [9.17, 15) is 0 Å². The van der Waals surface area contributed by atoms with Crippen molar-refractivity contribution in [3.8, 4) is 0 Å². The molecule has 0 saturated carbocycles. The first kappa shape index (κ1) is 11.2. The van der Waals surface area contributed by atoms with Crippen LogP contribution in [0.4, 0.5) is 11.6 Å². The van der Waals surface area contributed by atoms with E-state index in [1.807, 2.05) is 13.8 Å². The second-order valence-corrected chi connectivity index (χ2v) is 4.65. The van der Waals surface area contributed by atoms with Gasteiger partial charge in [-0.1, -0.05) is 0 Å². The third-order valence-electron chi connectivity index (χ3n) is 3.37. The molecule has 1 fully saturated rings. The molecule has 4 heteroatoms. The van der Waals surface area contributed by atoms with Crippen molar-refractivity contribution < 1.29 is 0 Å². The Hall–Kier alpha value is -1.32. The van der Waals surface area contributed by atoms with Crippen LogP contribution in [-0.4, -0.2) is 22.6 Å². The first-order valence-corrected chi connectivity index (χ1v) is 5.97. The standard InChI is InChI=1S/C12H20N4/c1-8-6-4-5-7-16(8)12-14-9(2)11(13)10(3)15-12/h8H,4-7,13H2,1-3H3/t8-/m1/s1. The third kappa shape index (κ3) is 1.96. The summed E-state index contributed by atoms with van der Waals surface area (Å²) in [5.41, 5.74) is 8.37. The summed E-state index contributed by atoms with van der Waals surface area (Å²) in [5, 5.41) is 0. The van der Waals surface area contributed by atoms with Crippen LogP contribution in [0.25, 0.3) is 0 Å². The van der Waals surface area contributed by atoms with Crippen molar-refractivity contribution in [2.45, 2.75) is 46.1 Å². The highest BCUT2D eigenvalue weighted by atomic mass is 15.3. The Bertz CT molecular complexity index is 366.